The molecule has 2 aromatic heterocycles. The zero-order valence-electron chi connectivity index (χ0n) is 20.7. The van der Waals surface area contributed by atoms with Crippen LogP contribution in [0, 0.1) is 0 Å². The van der Waals surface area contributed by atoms with Crippen molar-refractivity contribution in [3.05, 3.63) is 120 Å². The Bertz CT molecular complexity index is 1440. The summed E-state index contributed by atoms with van der Waals surface area (Å²) in [5.74, 6) is 0.0248. The van der Waals surface area contributed by atoms with E-state index in [0.29, 0.717) is 13.0 Å². The number of benzene rings is 3. The topological polar surface area (TPSA) is 81.8 Å². The van der Waals surface area contributed by atoms with Crippen LogP contribution in [0.3, 0.4) is 0 Å². The maximum absolute atomic E-state index is 12.2. The fraction of sp³-hybridized carbons (Fsp3) is 0.161. The number of para-hydroxylation sites is 1. The maximum atomic E-state index is 12.2. The van der Waals surface area contributed by atoms with E-state index in [0.717, 1.165) is 47.7 Å². The summed E-state index contributed by atoms with van der Waals surface area (Å²) in [5, 5.41) is 11.2. The van der Waals surface area contributed by atoms with Crippen LogP contribution in [0.1, 0.15) is 23.2 Å². The molecule has 0 atom stereocenters. The van der Waals surface area contributed by atoms with Crippen LogP contribution in [-0.4, -0.2) is 22.4 Å². The standard InChI is InChI=1S/C31H31N5O/c37-31(15-10-23-6-2-1-3-7-23)35-22-28-20-27(17-19-33-28)36-26-13-11-25(12-14-26)32-18-16-24-21-34-30-9-5-4-8-29(24)30/h1-9,11-14,17,19-21,32,34H,10,15-16,18,22H2,(H,33,36)(H,35,37). The zero-order valence-corrected chi connectivity index (χ0v) is 20.7. The molecule has 0 aliphatic carbocycles. The molecule has 0 fully saturated rings. The lowest BCUT2D eigenvalue weighted by Gasteiger charge is -2.11. The molecule has 37 heavy (non-hydrogen) atoms. The van der Waals surface area contributed by atoms with Crippen LogP contribution in [0.4, 0.5) is 17.1 Å². The number of hydrogen-bond acceptors (Lipinski definition) is 4. The molecule has 0 saturated heterocycles. The predicted octanol–water partition coefficient (Wildman–Crippen LogP) is 6.21. The number of fused-ring (bicyclic) bond motifs is 1. The van der Waals surface area contributed by atoms with Gasteiger partial charge in [-0.2, -0.15) is 0 Å². The van der Waals surface area contributed by atoms with E-state index in [1.807, 2.05) is 42.5 Å². The largest absolute Gasteiger partial charge is 0.385 e. The molecule has 6 heteroatoms. The number of amides is 1. The SMILES string of the molecule is O=C(CCc1ccccc1)NCc1cc(Nc2ccc(NCCc3c[nH]c4ccccc34)cc2)ccn1. The number of pyridine rings is 1. The first-order valence-electron chi connectivity index (χ1n) is 12.6. The summed E-state index contributed by atoms with van der Waals surface area (Å²) >= 11 is 0. The molecule has 5 aromatic rings. The summed E-state index contributed by atoms with van der Waals surface area (Å²) in [6, 6.07) is 30.6. The maximum Gasteiger partial charge on any atom is 0.220 e. The second-order valence-electron chi connectivity index (χ2n) is 9.04. The van der Waals surface area contributed by atoms with E-state index in [2.05, 4.69) is 80.6 Å². The molecule has 0 aliphatic rings. The van der Waals surface area contributed by atoms with Gasteiger partial charge < -0.3 is 20.9 Å². The van der Waals surface area contributed by atoms with E-state index < -0.39 is 0 Å². The van der Waals surface area contributed by atoms with Gasteiger partial charge in [0.1, 0.15) is 0 Å². The van der Waals surface area contributed by atoms with E-state index in [4.69, 9.17) is 0 Å². The second kappa shape index (κ2) is 11.9. The summed E-state index contributed by atoms with van der Waals surface area (Å²) in [4.78, 5) is 20.0. The van der Waals surface area contributed by atoms with Gasteiger partial charge >= 0.3 is 0 Å². The number of H-pyrrole nitrogens is 1. The third-order valence-corrected chi connectivity index (χ3v) is 6.34. The van der Waals surface area contributed by atoms with Crippen molar-refractivity contribution in [2.75, 3.05) is 17.2 Å². The Morgan fingerprint density at radius 3 is 2.46 bits per heavy atom. The van der Waals surface area contributed by atoms with Crippen molar-refractivity contribution in [2.45, 2.75) is 25.8 Å². The van der Waals surface area contributed by atoms with Crippen LogP contribution < -0.4 is 16.0 Å². The fourth-order valence-electron chi connectivity index (χ4n) is 4.35. The molecule has 5 rings (SSSR count). The summed E-state index contributed by atoms with van der Waals surface area (Å²) in [6.45, 7) is 1.27. The van der Waals surface area contributed by atoms with E-state index in [1.54, 1.807) is 6.20 Å². The number of nitrogens with zero attached hydrogens (tertiary/aromatic N) is 1. The number of carbonyl (C=O) groups excluding carboxylic acids is 1. The summed E-state index contributed by atoms with van der Waals surface area (Å²) in [6.07, 6.45) is 6.00. The fourth-order valence-corrected chi connectivity index (χ4v) is 4.35. The van der Waals surface area contributed by atoms with Gasteiger partial charge in [-0.05, 0) is 66.4 Å². The van der Waals surface area contributed by atoms with E-state index >= 15 is 0 Å². The molecule has 4 N–H and O–H groups in total. The van der Waals surface area contributed by atoms with Crippen LogP contribution in [0.15, 0.2) is 103 Å². The molecule has 0 unspecified atom stereocenters. The van der Waals surface area contributed by atoms with Crippen LogP contribution in [0.5, 0.6) is 0 Å². The van der Waals surface area contributed by atoms with Gasteiger partial charge in [-0.15, -0.1) is 0 Å². The monoisotopic (exact) mass is 489 g/mol. The van der Waals surface area contributed by atoms with Gasteiger partial charge in [-0.1, -0.05) is 48.5 Å². The third-order valence-electron chi connectivity index (χ3n) is 6.34. The first kappa shape index (κ1) is 24.1. The molecule has 186 valence electrons. The number of aromatic nitrogens is 2. The first-order chi connectivity index (χ1) is 18.2. The summed E-state index contributed by atoms with van der Waals surface area (Å²) < 4.78 is 0. The number of hydrogen-bond donors (Lipinski definition) is 4. The zero-order chi connectivity index (χ0) is 25.3. The Hall–Kier alpha value is -4.58. The average molecular weight is 490 g/mol. The van der Waals surface area contributed by atoms with Crippen molar-refractivity contribution in [3.8, 4) is 0 Å². The van der Waals surface area contributed by atoms with Gasteiger partial charge in [0.25, 0.3) is 0 Å². The lowest BCUT2D eigenvalue weighted by molar-refractivity contribution is -0.121. The van der Waals surface area contributed by atoms with Crippen molar-refractivity contribution < 1.29 is 4.79 Å². The van der Waals surface area contributed by atoms with Gasteiger partial charge in [0.05, 0.1) is 12.2 Å². The first-order valence-corrected chi connectivity index (χ1v) is 12.6. The number of anilines is 3. The minimum Gasteiger partial charge on any atom is -0.385 e. The van der Waals surface area contributed by atoms with Crippen molar-refractivity contribution in [1.82, 2.24) is 15.3 Å². The van der Waals surface area contributed by atoms with Crippen LogP contribution >= 0.6 is 0 Å². The Kier molecular flexibility index (Phi) is 7.76. The number of aryl methyl sites for hydroxylation is 1. The van der Waals surface area contributed by atoms with Crippen LogP contribution in [0.2, 0.25) is 0 Å². The molecule has 0 saturated carbocycles. The third kappa shape index (κ3) is 6.76. The summed E-state index contributed by atoms with van der Waals surface area (Å²) in [5.41, 5.74) is 7.49. The molecule has 0 aliphatic heterocycles. The number of carbonyl (C=O) groups is 1. The van der Waals surface area contributed by atoms with Gasteiger partial charge in [0, 0.05) is 53.3 Å². The normalized spacial score (nSPS) is 10.8. The van der Waals surface area contributed by atoms with Crippen molar-refractivity contribution in [2.24, 2.45) is 0 Å². The lowest BCUT2D eigenvalue weighted by atomic mass is 10.1. The van der Waals surface area contributed by atoms with Crippen molar-refractivity contribution >= 4 is 33.9 Å². The molecular formula is C31H31N5O. The van der Waals surface area contributed by atoms with Gasteiger partial charge in [-0.3, -0.25) is 9.78 Å². The van der Waals surface area contributed by atoms with Crippen LogP contribution in [-0.2, 0) is 24.2 Å². The highest BCUT2D eigenvalue weighted by Gasteiger charge is 2.05. The van der Waals surface area contributed by atoms with E-state index in [9.17, 15) is 4.79 Å². The number of aromatic amines is 1. The molecule has 0 bridgehead atoms. The van der Waals surface area contributed by atoms with Gasteiger partial charge in [-0.25, -0.2) is 0 Å². The molecule has 0 spiro atoms. The van der Waals surface area contributed by atoms with Crippen molar-refractivity contribution in [3.63, 3.8) is 0 Å². The quantitative estimate of drug-likeness (QED) is 0.178. The lowest BCUT2D eigenvalue weighted by Crippen LogP contribution is -2.23. The average Bonchev–Trinajstić information content (AvgIpc) is 3.35. The Balaban J connectivity index is 1.08. The molecular weight excluding hydrogens is 458 g/mol. The van der Waals surface area contributed by atoms with E-state index in [-0.39, 0.29) is 5.91 Å². The minimum atomic E-state index is 0.0248. The highest BCUT2D eigenvalue weighted by Crippen LogP contribution is 2.21. The number of nitrogens with one attached hydrogen (secondary N) is 4. The molecule has 0 radical (unpaired) electrons. The second-order valence-corrected chi connectivity index (χ2v) is 9.04. The molecule has 1 amide bonds. The minimum absolute atomic E-state index is 0.0248. The van der Waals surface area contributed by atoms with Crippen molar-refractivity contribution in [1.29, 1.82) is 0 Å². The Morgan fingerprint density at radius 2 is 1.59 bits per heavy atom. The van der Waals surface area contributed by atoms with Gasteiger partial charge in [0.15, 0.2) is 0 Å². The highest BCUT2D eigenvalue weighted by molar-refractivity contribution is 5.83. The molecule has 6 nitrogen and oxygen atoms in total. The van der Waals surface area contributed by atoms with Crippen LogP contribution in [0.25, 0.3) is 10.9 Å². The van der Waals surface area contributed by atoms with Gasteiger partial charge in [0.2, 0.25) is 5.91 Å². The molecule has 2 heterocycles. The van der Waals surface area contributed by atoms with E-state index in [1.165, 1.54) is 16.5 Å². The number of rotatable bonds is 11. The smallest absolute Gasteiger partial charge is 0.220 e. The Morgan fingerprint density at radius 1 is 0.811 bits per heavy atom. The summed E-state index contributed by atoms with van der Waals surface area (Å²) in [7, 11) is 0. The Labute approximate surface area is 217 Å². The predicted molar refractivity (Wildman–Crippen MR) is 151 cm³/mol. The molecule has 3 aromatic carbocycles. The highest BCUT2D eigenvalue weighted by atomic mass is 16.1.